The molecule has 5 nitrogen and oxygen atoms in total. The molecule has 0 unspecified atom stereocenters. The van der Waals surface area contributed by atoms with Gasteiger partial charge in [0.2, 0.25) is 0 Å². The molecule has 0 atom stereocenters. The molecule has 2 aromatic heterocycles. The molecule has 168 valence electrons. The van der Waals surface area contributed by atoms with E-state index < -0.39 is 11.7 Å². The van der Waals surface area contributed by atoms with E-state index in [9.17, 15) is 18.4 Å². The van der Waals surface area contributed by atoms with Crippen LogP contribution < -0.4 is 0 Å². The summed E-state index contributed by atoms with van der Waals surface area (Å²) in [6.07, 6.45) is -4.49. The molecule has 0 radical (unpaired) electrons. The lowest BCUT2D eigenvalue weighted by atomic mass is 10.1. The number of benzene rings is 3. The highest BCUT2D eigenvalue weighted by molar-refractivity contribution is 6.10. The summed E-state index contributed by atoms with van der Waals surface area (Å²) in [5.74, 6) is 1.43. The monoisotopic (exact) mass is 457 g/mol. The standard InChI is InChI=1S/C26H18F3N5/c1-14-4-7-19-20-9-6-18(26(27,28)29)12-24(20)34(22(19)10-14)23-11-17(13-30)5-8-21(23)25-32-15(2)31-16(3)33-25/h4-12H,1-3H3. The summed E-state index contributed by atoms with van der Waals surface area (Å²) in [7, 11) is 0. The average Bonchev–Trinajstić information content (AvgIpc) is 3.09. The van der Waals surface area contributed by atoms with Gasteiger partial charge in [-0.25, -0.2) is 15.0 Å². The topological polar surface area (TPSA) is 67.4 Å². The van der Waals surface area contributed by atoms with Gasteiger partial charge in [-0.3, -0.25) is 0 Å². The largest absolute Gasteiger partial charge is 0.416 e. The molecule has 0 fully saturated rings. The van der Waals surface area contributed by atoms with Crippen LogP contribution >= 0.6 is 0 Å². The average molecular weight is 457 g/mol. The summed E-state index contributed by atoms with van der Waals surface area (Å²) in [5, 5.41) is 11.1. The molecule has 34 heavy (non-hydrogen) atoms. The fourth-order valence-electron chi connectivity index (χ4n) is 4.28. The van der Waals surface area contributed by atoms with Crippen LogP contribution in [-0.4, -0.2) is 19.5 Å². The van der Waals surface area contributed by atoms with Crippen LogP contribution in [0.5, 0.6) is 0 Å². The Labute approximate surface area is 193 Å². The molecule has 0 spiro atoms. The summed E-state index contributed by atoms with van der Waals surface area (Å²) in [5.41, 5.74) is 2.81. The number of nitriles is 1. The molecule has 0 aliphatic carbocycles. The first-order valence-corrected chi connectivity index (χ1v) is 10.5. The summed E-state index contributed by atoms with van der Waals surface area (Å²) < 4.78 is 42.7. The molecule has 0 aliphatic heterocycles. The predicted molar refractivity (Wildman–Crippen MR) is 124 cm³/mol. The number of alkyl halides is 3. The Kier molecular flexibility index (Phi) is 4.87. The number of halogens is 3. The van der Waals surface area contributed by atoms with Crippen LogP contribution in [-0.2, 0) is 6.18 Å². The van der Waals surface area contributed by atoms with Crippen molar-refractivity contribution in [1.29, 1.82) is 5.26 Å². The van der Waals surface area contributed by atoms with Gasteiger partial charge in [-0.05, 0) is 62.7 Å². The summed E-state index contributed by atoms with van der Waals surface area (Å²) in [4.78, 5) is 13.2. The quantitative estimate of drug-likeness (QED) is 0.305. The molecule has 0 aliphatic rings. The Balaban J connectivity index is 1.95. The van der Waals surface area contributed by atoms with E-state index in [4.69, 9.17) is 0 Å². The van der Waals surface area contributed by atoms with Gasteiger partial charge in [0, 0.05) is 16.3 Å². The van der Waals surface area contributed by atoms with Gasteiger partial charge in [-0.15, -0.1) is 0 Å². The number of aromatic nitrogens is 4. The number of hydrogen-bond donors (Lipinski definition) is 0. The fourth-order valence-corrected chi connectivity index (χ4v) is 4.28. The van der Waals surface area contributed by atoms with E-state index in [0.717, 1.165) is 28.6 Å². The van der Waals surface area contributed by atoms with Crippen molar-refractivity contribution in [2.45, 2.75) is 26.9 Å². The first-order chi connectivity index (χ1) is 16.2. The van der Waals surface area contributed by atoms with Gasteiger partial charge in [0.25, 0.3) is 0 Å². The van der Waals surface area contributed by atoms with Crippen LogP contribution in [0, 0.1) is 32.1 Å². The highest BCUT2D eigenvalue weighted by atomic mass is 19.4. The van der Waals surface area contributed by atoms with Gasteiger partial charge < -0.3 is 4.57 Å². The number of aryl methyl sites for hydroxylation is 3. The second-order valence-corrected chi connectivity index (χ2v) is 8.18. The molecule has 3 aromatic carbocycles. The van der Waals surface area contributed by atoms with Gasteiger partial charge in [0.1, 0.15) is 11.6 Å². The van der Waals surface area contributed by atoms with E-state index in [1.165, 1.54) is 6.07 Å². The van der Waals surface area contributed by atoms with Crippen LogP contribution in [0.2, 0.25) is 0 Å². The molecular weight excluding hydrogens is 439 g/mol. The SMILES string of the molecule is Cc1ccc2c3ccc(C(F)(F)F)cc3n(-c3cc(C#N)ccc3-c3nc(C)nc(C)n3)c2c1. The smallest absolute Gasteiger partial charge is 0.308 e. The van der Waals surface area contributed by atoms with Crippen LogP contribution in [0.15, 0.2) is 54.6 Å². The van der Waals surface area contributed by atoms with Crippen molar-refractivity contribution < 1.29 is 13.2 Å². The normalized spacial score (nSPS) is 11.8. The zero-order chi connectivity index (χ0) is 24.2. The maximum Gasteiger partial charge on any atom is 0.416 e. The molecule has 5 aromatic rings. The van der Waals surface area contributed by atoms with Crippen molar-refractivity contribution in [2.24, 2.45) is 0 Å². The maximum absolute atomic E-state index is 13.6. The third kappa shape index (κ3) is 3.55. The molecular formula is C26H18F3N5. The minimum Gasteiger partial charge on any atom is -0.308 e. The van der Waals surface area contributed by atoms with E-state index in [2.05, 4.69) is 21.0 Å². The third-order valence-electron chi connectivity index (χ3n) is 5.72. The number of hydrogen-bond acceptors (Lipinski definition) is 4. The highest BCUT2D eigenvalue weighted by Gasteiger charge is 2.31. The Bertz CT molecular complexity index is 1620. The van der Waals surface area contributed by atoms with Gasteiger partial charge >= 0.3 is 6.18 Å². The van der Waals surface area contributed by atoms with Gasteiger partial charge in [0.15, 0.2) is 5.82 Å². The van der Waals surface area contributed by atoms with Crippen LogP contribution in [0.25, 0.3) is 38.9 Å². The van der Waals surface area contributed by atoms with Gasteiger partial charge in [-0.2, -0.15) is 18.4 Å². The van der Waals surface area contributed by atoms with E-state index in [1.54, 1.807) is 36.6 Å². The fraction of sp³-hybridized carbons (Fsp3) is 0.154. The summed E-state index contributed by atoms with van der Waals surface area (Å²) in [6, 6.07) is 16.7. The number of fused-ring (bicyclic) bond motifs is 3. The zero-order valence-electron chi connectivity index (χ0n) is 18.6. The van der Waals surface area contributed by atoms with E-state index in [1.807, 2.05) is 25.1 Å². The Morgan fingerprint density at radius 3 is 2.09 bits per heavy atom. The van der Waals surface area contributed by atoms with Crippen molar-refractivity contribution in [1.82, 2.24) is 19.5 Å². The van der Waals surface area contributed by atoms with E-state index >= 15 is 0 Å². The Morgan fingerprint density at radius 2 is 1.44 bits per heavy atom. The van der Waals surface area contributed by atoms with E-state index in [0.29, 0.717) is 45.2 Å². The van der Waals surface area contributed by atoms with Crippen molar-refractivity contribution in [3.05, 3.63) is 82.9 Å². The molecule has 0 amide bonds. The predicted octanol–water partition coefficient (Wildman–Crippen LogP) is 6.45. The van der Waals surface area contributed by atoms with Crippen LogP contribution in [0.3, 0.4) is 0 Å². The third-order valence-corrected chi connectivity index (χ3v) is 5.72. The first-order valence-electron chi connectivity index (χ1n) is 10.5. The van der Waals surface area contributed by atoms with Crippen molar-refractivity contribution in [3.8, 4) is 23.1 Å². The zero-order valence-corrected chi connectivity index (χ0v) is 18.6. The molecule has 0 bridgehead atoms. The Morgan fingerprint density at radius 1 is 0.794 bits per heavy atom. The second-order valence-electron chi connectivity index (χ2n) is 8.18. The van der Waals surface area contributed by atoms with Crippen LogP contribution in [0.4, 0.5) is 13.2 Å². The summed E-state index contributed by atoms with van der Waals surface area (Å²) in [6.45, 7) is 5.43. The molecule has 5 rings (SSSR count). The second kappa shape index (κ2) is 7.66. The van der Waals surface area contributed by atoms with Gasteiger partial charge in [-0.1, -0.05) is 18.2 Å². The molecule has 0 saturated carbocycles. The maximum atomic E-state index is 13.6. The lowest BCUT2D eigenvalue weighted by Gasteiger charge is -2.15. The lowest BCUT2D eigenvalue weighted by Crippen LogP contribution is -2.06. The molecule has 2 heterocycles. The minimum absolute atomic E-state index is 0.371. The number of rotatable bonds is 2. The number of nitrogens with zero attached hydrogens (tertiary/aromatic N) is 5. The molecule has 8 heteroatoms. The summed E-state index contributed by atoms with van der Waals surface area (Å²) >= 11 is 0. The van der Waals surface area contributed by atoms with Crippen LogP contribution in [0.1, 0.15) is 28.3 Å². The molecule has 0 N–H and O–H groups in total. The van der Waals surface area contributed by atoms with Crippen molar-refractivity contribution in [3.63, 3.8) is 0 Å². The van der Waals surface area contributed by atoms with Crippen molar-refractivity contribution in [2.75, 3.05) is 0 Å². The first kappa shape index (κ1) is 21.6. The Hall–Kier alpha value is -4.25. The van der Waals surface area contributed by atoms with Crippen molar-refractivity contribution >= 4 is 21.8 Å². The van der Waals surface area contributed by atoms with Gasteiger partial charge in [0.05, 0.1) is 33.9 Å². The highest BCUT2D eigenvalue weighted by Crippen LogP contribution is 2.39. The minimum atomic E-state index is -4.49. The molecule has 0 saturated heterocycles. The lowest BCUT2D eigenvalue weighted by molar-refractivity contribution is -0.137. The van der Waals surface area contributed by atoms with E-state index in [-0.39, 0.29) is 0 Å².